The minimum absolute atomic E-state index is 0.363. The zero-order valence-electron chi connectivity index (χ0n) is 12.1. The van der Waals surface area contributed by atoms with Crippen molar-refractivity contribution in [1.82, 2.24) is 0 Å². The van der Waals surface area contributed by atoms with Crippen molar-refractivity contribution in [2.24, 2.45) is 11.3 Å². The quantitative estimate of drug-likeness (QED) is 0.813. The maximum absolute atomic E-state index is 6.10. The fourth-order valence-electron chi connectivity index (χ4n) is 3.29. The molecule has 3 heteroatoms. The first-order valence-electron chi connectivity index (χ1n) is 7.01. The van der Waals surface area contributed by atoms with Gasteiger partial charge in [-0.25, -0.2) is 0 Å². The molecule has 2 rings (SSSR count). The van der Waals surface area contributed by atoms with E-state index >= 15 is 0 Å². The molecule has 1 aliphatic rings. The molecule has 2 nitrogen and oxygen atoms in total. The summed E-state index contributed by atoms with van der Waals surface area (Å²) >= 11 is 3.43. The minimum atomic E-state index is 0.363. The molecule has 0 heterocycles. The first-order valence-corrected chi connectivity index (χ1v) is 7.80. The Labute approximate surface area is 124 Å². The highest BCUT2D eigenvalue weighted by Gasteiger charge is 2.32. The number of ether oxygens (including phenoxy) is 1. The first-order chi connectivity index (χ1) is 8.85. The molecule has 1 fully saturated rings. The second kappa shape index (κ2) is 5.84. The molecule has 0 amide bonds. The summed E-state index contributed by atoms with van der Waals surface area (Å²) in [7, 11) is 0. The predicted octanol–water partition coefficient (Wildman–Crippen LogP) is 4.76. The van der Waals surface area contributed by atoms with Gasteiger partial charge < -0.3 is 10.5 Å². The Balaban J connectivity index is 1.95. The van der Waals surface area contributed by atoms with Gasteiger partial charge in [-0.15, -0.1) is 0 Å². The van der Waals surface area contributed by atoms with Crippen LogP contribution >= 0.6 is 15.9 Å². The zero-order valence-corrected chi connectivity index (χ0v) is 13.7. The van der Waals surface area contributed by atoms with E-state index in [1.807, 2.05) is 18.2 Å². The second-order valence-corrected chi connectivity index (χ2v) is 7.61. The molecule has 1 aromatic carbocycles. The standard InChI is InChI=1S/C16H24BrNO/c1-11-6-14(9-16(2,3)8-11)19-10-12-4-5-13(17)7-15(12)18/h4-5,7,11,14H,6,8-10,18H2,1-3H3. The van der Waals surface area contributed by atoms with Crippen LogP contribution in [-0.4, -0.2) is 6.10 Å². The molecule has 2 unspecified atom stereocenters. The van der Waals surface area contributed by atoms with E-state index in [0.717, 1.165) is 28.1 Å². The Bertz CT molecular complexity index is 444. The van der Waals surface area contributed by atoms with Crippen molar-refractivity contribution in [2.75, 3.05) is 5.73 Å². The van der Waals surface area contributed by atoms with E-state index < -0.39 is 0 Å². The molecule has 0 spiro atoms. The zero-order chi connectivity index (χ0) is 14.0. The molecule has 1 saturated carbocycles. The normalized spacial score (nSPS) is 26.3. The number of halogens is 1. The average Bonchev–Trinajstić information content (AvgIpc) is 2.25. The molecule has 0 aromatic heterocycles. The lowest BCUT2D eigenvalue weighted by Gasteiger charge is -2.38. The van der Waals surface area contributed by atoms with Gasteiger partial charge in [0.05, 0.1) is 12.7 Å². The topological polar surface area (TPSA) is 35.2 Å². The fraction of sp³-hybridized carbons (Fsp3) is 0.625. The number of anilines is 1. The van der Waals surface area contributed by atoms with Gasteiger partial charge in [-0.2, -0.15) is 0 Å². The third-order valence-electron chi connectivity index (χ3n) is 3.93. The van der Waals surface area contributed by atoms with E-state index in [1.165, 1.54) is 12.8 Å². The van der Waals surface area contributed by atoms with Gasteiger partial charge >= 0.3 is 0 Å². The SMILES string of the molecule is CC1CC(OCc2ccc(Br)cc2N)CC(C)(C)C1. The molecular formula is C16H24BrNO. The van der Waals surface area contributed by atoms with Crippen LogP contribution in [0.25, 0.3) is 0 Å². The average molecular weight is 326 g/mol. The van der Waals surface area contributed by atoms with Crippen LogP contribution in [-0.2, 0) is 11.3 Å². The lowest BCUT2D eigenvalue weighted by molar-refractivity contribution is -0.0314. The number of hydrogen-bond donors (Lipinski definition) is 1. The predicted molar refractivity (Wildman–Crippen MR) is 83.9 cm³/mol. The molecule has 19 heavy (non-hydrogen) atoms. The maximum Gasteiger partial charge on any atom is 0.0740 e. The van der Waals surface area contributed by atoms with Crippen molar-refractivity contribution in [3.8, 4) is 0 Å². The van der Waals surface area contributed by atoms with Gasteiger partial charge in [0.25, 0.3) is 0 Å². The van der Waals surface area contributed by atoms with E-state index in [0.29, 0.717) is 18.1 Å². The molecule has 2 N–H and O–H groups in total. The van der Waals surface area contributed by atoms with Gasteiger partial charge in [-0.3, -0.25) is 0 Å². The molecule has 106 valence electrons. The highest BCUT2D eigenvalue weighted by molar-refractivity contribution is 9.10. The van der Waals surface area contributed by atoms with Gasteiger partial charge in [0.15, 0.2) is 0 Å². The minimum Gasteiger partial charge on any atom is -0.398 e. The maximum atomic E-state index is 6.10. The molecule has 2 atom stereocenters. The van der Waals surface area contributed by atoms with Crippen LogP contribution in [0.4, 0.5) is 5.69 Å². The van der Waals surface area contributed by atoms with E-state index in [2.05, 4.69) is 36.7 Å². The van der Waals surface area contributed by atoms with Gasteiger partial charge in [-0.05, 0) is 42.7 Å². The Hall–Kier alpha value is -0.540. The second-order valence-electron chi connectivity index (χ2n) is 6.69. The first kappa shape index (κ1) is 14.9. The lowest BCUT2D eigenvalue weighted by Crippen LogP contribution is -2.32. The smallest absolute Gasteiger partial charge is 0.0740 e. The molecule has 1 aliphatic carbocycles. The van der Waals surface area contributed by atoms with Crippen LogP contribution in [0.2, 0.25) is 0 Å². The van der Waals surface area contributed by atoms with Crippen molar-refractivity contribution in [3.05, 3.63) is 28.2 Å². The molecule has 0 radical (unpaired) electrons. The number of nitrogens with two attached hydrogens (primary N) is 1. The summed E-state index contributed by atoms with van der Waals surface area (Å²) in [6, 6.07) is 5.99. The number of hydrogen-bond acceptors (Lipinski definition) is 2. The Kier molecular flexibility index (Phi) is 4.57. The van der Waals surface area contributed by atoms with Crippen molar-refractivity contribution in [2.45, 2.75) is 52.7 Å². The van der Waals surface area contributed by atoms with Gasteiger partial charge in [-0.1, -0.05) is 42.8 Å². The molecule has 0 aliphatic heterocycles. The van der Waals surface area contributed by atoms with Crippen LogP contribution < -0.4 is 5.73 Å². The van der Waals surface area contributed by atoms with E-state index in [9.17, 15) is 0 Å². The van der Waals surface area contributed by atoms with E-state index in [-0.39, 0.29) is 0 Å². The monoisotopic (exact) mass is 325 g/mol. The van der Waals surface area contributed by atoms with Crippen molar-refractivity contribution >= 4 is 21.6 Å². The molecule has 1 aromatic rings. The third-order valence-corrected chi connectivity index (χ3v) is 4.42. The Morgan fingerprint density at radius 3 is 2.74 bits per heavy atom. The molecule has 0 saturated heterocycles. The van der Waals surface area contributed by atoms with E-state index in [4.69, 9.17) is 10.5 Å². The van der Waals surface area contributed by atoms with Gasteiger partial charge in [0, 0.05) is 15.7 Å². The van der Waals surface area contributed by atoms with E-state index in [1.54, 1.807) is 0 Å². The largest absolute Gasteiger partial charge is 0.398 e. The van der Waals surface area contributed by atoms with Crippen LogP contribution in [0, 0.1) is 11.3 Å². The van der Waals surface area contributed by atoms with Crippen molar-refractivity contribution in [1.29, 1.82) is 0 Å². The van der Waals surface area contributed by atoms with Gasteiger partial charge in [0.1, 0.15) is 0 Å². The van der Waals surface area contributed by atoms with Crippen molar-refractivity contribution in [3.63, 3.8) is 0 Å². The number of benzene rings is 1. The fourth-order valence-corrected chi connectivity index (χ4v) is 3.67. The number of nitrogen functional groups attached to an aromatic ring is 1. The van der Waals surface area contributed by atoms with Crippen LogP contribution in [0.5, 0.6) is 0 Å². The summed E-state index contributed by atoms with van der Waals surface area (Å²) in [5.41, 5.74) is 8.29. The molecule has 0 bridgehead atoms. The highest BCUT2D eigenvalue weighted by Crippen LogP contribution is 2.40. The third kappa shape index (κ3) is 4.22. The van der Waals surface area contributed by atoms with Crippen LogP contribution in [0.1, 0.15) is 45.6 Å². The summed E-state index contributed by atoms with van der Waals surface area (Å²) < 4.78 is 7.12. The molecular weight excluding hydrogens is 302 g/mol. The summed E-state index contributed by atoms with van der Waals surface area (Å²) in [6.07, 6.45) is 3.97. The lowest BCUT2D eigenvalue weighted by atomic mass is 9.71. The van der Waals surface area contributed by atoms with Crippen LogP contribution in [0.3, 0.4) is 0 Å². The Morgan fingerprint density at radius 1 is 1.37 bits per heavy atom. The summed E-state index contributed by atoms with van der Waals surface area (Å²) in [6.45, 7) is 7.62. The number of rotatable bonds is 3. The van der Waals surface area contributed by atoms with Gasteiger partial charge in [0.2, 0.25) is 0 Å². The van der Waals surface area contributed by atoms with Crippen molar-refractivity contribution < 1.29 is 4.74 Å². The summed E-state index contributed by atoms with van der Waals surface area (Å²) in [5.74, 6) is 0.746. The summed E-state index contributed by atoms with van der Waals surface area (Å²) in [5, 5.41) is 0. The summed E-state index contributed by atoms with van der Waals surface area (Å²) in [4.78, 5) is 0. The Morgan fingerprint density at radius 2 is 2.11 bits per heavy atom. The highest BCUT2D eigenvalue weighted by atomic mass is 79.9. The van der Waals surface area contributed by atoms with Crippen LogP contribution in [0.15, 0.2) is 22.7 Å².